The lowest BCUT2D eigenvalue weighted by molar-refractivity contribution is 0.0989. The molecule has 0 fully saturated rings. The lowest BCUT2D eigenvalue weighted by Gasteiger charge is -2.24. The van der Waals surface area contributed by atoms with Crippen molar-refractivity contribution >= 4 is 29.1 Å². The van der Waals surface area contributed by atoms with E-state index >= 15 is 0 Å². The third-order valence-electron chi connectivity index (χ3n) is 4.57. The predicted octanol–water partition coefficient (Wildman–Crippen LogP) is 5.77. The molecule has 0 saturated heterocycles. The highest BCUT2D eigenvalue weighted by Gasteiger charge is 2.20. The maximum atomic E-state index is 12.5. The van der Waals surface area contributed by atoms with Crippen molar-refractivity contribution in [2.45, 2.75) is 39.5 Å². The Hall–Kier alpha value is -2.53. The number of anilines is 1. The lowest BCUT2D eigenvalue weighted by Crippen LogP contribution is -2.35. The predicted molar refractivity (Wildman–Crippen MR) is 118 cm³/mol. The van der Waals surface area contributed by atoms with Gasteiger partial charge in [-0.05, 0) is 35.7 Å². The monoisotopic (exact) mass is 416 g/mol. The van der Waals surface area contributed by atoms with Crippen LogP contribution in [0.5, 0.6) is 5.75 Å². The van der Waals surface area contributed by atoms with Gasteiger partial charge in [0.1, 0.15) is 12.4 Å². The molecule has 29 heavy (non-hydrogen) atoms. The van der Waals surface area contributed by atoms with Crippen molar-refractivity contribution in [3.05, 3.63) is 58.6 Å². The van der Waals surface area contributed by atoms with Crippen LogP contribution in [0, 0.1) is 0 Å². The van der Waals surface area contributed by atoms with Gasteiger partial charge in [0.2, 0.25) is 0 Å². The number of benzene rings is 2. The fraction of sp³-hybridized carbons (Fsp3) is 0.391. The van der Waals surface area contributed by atoms with E-state index in [1.165, 1.54) is 4.90 Å². The molecule has 1 N–H and O–H groups in total. The second kappa shape index (κ2) is 9.79. The number of urea groups is 1. The summed E-state index contributed by atoms with van der Waals surface area (Å²) in [5, 5.41) is 3.48. The summed E-state index contributed by atoms with van der Waals surface area (Å²) in [6, 6.07) is 12.3. The number of amides is 2. The first-order valence-electron chi connectivity index (χ1n) is 9.70. The number of hydrogen-bond acceptors (Lipinski definition) is 3. The molecule has 0 aliphatic heterocycles. The molecule has 2 aromatic rings. The smallest absolute Gasteiger partial charge is 0.321 e. The Morgan fingerprint density at radius 1 is 1.14 bits per heavy atom. The van der Waals surface area contributed by atoms with E-state index in [0.717, 1.165) is 11.3 Å². The van der Waals surface area contributed by atoms with Gasteiger partial charge in [-0.3, -0.25) is 4.79 Å². The van der Waals surface area contributed by atoms with E-state index in [4.69, 9.17) is 16.3 Å². The van der Waals surface area contributed by atoms with Crippen molar-refractivity contribution in [2.24, 2.45) is 0 Å². The van der Waals surface area contributed by atoms with E-state index < -0.39 is 0 Å². The third kappa shape index (κ3) is 6.23. The Morgan fingerprint density at radius 3 is 2.48 bits per heavy atom. The van der Waals surface area contributed by atoms with E-state index in [-0.39, 0.29) is 17.2 Å². The number of nitrogens with zero attached hydrogens (tertiary/aromatic N) is 1. The van der Waals surface area contributed by atoms with Gasteiger partial charge in [-0.25, -0.2) is 4.79 Å². The molecule has 2 amide bonds. The Morgan fingerprint density at radius 2 is 1.83 bits per heavy atom. The van der Waals surface area contributed by atoms with Crippen molar-refractivity contribution in [1.82, 2.24) is 4.90 Å². The van der Waals surface area contributed by atoms with Gasteiger partial charge in [-0.1, -0.05) is 51.4 Å². The van der Waals surface area contributed by atoms with Gasteiger partial charge in [0.05, 0.1) is 12.2 Å². The maximum Gasteiger partial charge on any atom is 0.321 e. The fourth-order valence-electron chi connectivity index (χ4n) is 2.84. The second-order valence-electron chi connectivity index (χ2n) is 7.91. The normalized spacial score (nSPS) is 11.1. The van der Waals surface area contributed by atoms with Gasteiger partial charge in [-0.2, -0.15) is 0 Å². The summed E-state index contributed by atoms with van der Waals surface area (Å²) in [5.41, 5.74) is 1.94. The zero-order valence-electron chi connectivity index (χ0n) is 17.7. The number of carbonyl (C=O) groups is 2. The summed E-state index contributed by atoms with van der Waals surface area (Å²) in [6.07, 6.45) is 0.383. The van der Waals surface area contributed by atoms with Crippen molar-refractivity contribution in [3.8, 4) is 5.75 Å². The summed E-state index contributed by atoms with van der Waals surface area (Å²) >= 11 is 6.13. The first-order chi connectivity index (χ1) is 13.6. The number of ether oxygens (including phenoxy) is 1. The number of Topliss-reactive ketones (excluding diaryl/α,β-unsaturated/α-hetero) is 1. The number of halogens is 1. The van der Waals surface area contributed by atoms with Crippen molar-refractivity contribution in [1.29, 1.82) is 0 Å². The number of carbonyl (C=O) groups excluding carboxylic acids is 2. The van der Waals surface area contributed by atoms with Crippen LogP contribution in [-0.4, -0.2) is 36.9 Å². The van der Waals surface area contributed by atoms with Crippen molar-refractivity contribution < 1.29 is 14.3 Å². The van der Waals surface area contributed by atoms with Gasteiger partial charge in [-0.15, -0.1) is 0 Å². The van der Waals surface area contributed by atoms with Crippen LogP contribution in [0.25, 0.3) is 0 Å². The van der Waals surface area contributed by atoms with Gasteiger partial charge >= 0.3 is 6.03 Å². The van der Waals surface area contributed by atoms with E-state index in [9.17, 15) is 9.59 Å². The first-order valence-corrected chi connectivity index (χ1v) is 10.1. The molecule has 0 aliphatic rings. The lowest BCUT2D eigenvalue weighted by atomic mass is 9.86. The highest BCUT2D eigenvalue weighted by atomic mass is 35.5. The largest absolute Gasteiger partial charge is 0.491 e. The molecule has 2 rings (SSSR count). The van der Waals surface area contributed by atoms with Gasteiger partial charge in [0.15, 0.2) is 5.78 Å². The minimum absolute atomic E-state index is 0.00988. The van der Waals surface area contributed by atoms with Crippen LogP contribution in [0.1, 0.15) is 50.0 Å². The average molecular weight is 417 g/mol. The SMILES string of the molecule is CCC(=O)c1ccccc1NC(=O)N(C)CCOc1ccc(Cl)cc1C(C)(C)C. The summed E-state index contributed by atoms with van der Waals surface area (Å²) in [6.45, 7) is 8.82. The van der Waals surface area contributed by atoms with Crippen LogP contribution in [0.2, 0.25) is 5.02 Å². The first kappa shape index (κ1) is 22.8. The van der Waals surface area contributed by atoms with Crippen LogP contribution < -0.4 is 10.1 Å². The van der Waals surface area contributed by atoms with Gasteiger partial charge in [0, 0.05) is 29.6 Å². The van der Waals surface area contributed by atoms with Gasteiger partial charge in [0.25, 0.3) is 0 Å². The number of nitrogens with one attached hydrogen (secondary N) is 1. The average Bonchev–Trinajstić information content (AvgIpc) is 2.68. The molecule has 0 aromatic heterocycles. The van der Waals surface area contributed by atoms with Crippen LogP contribution in [0.3, 0.4) is 0 Å². The Labute approximate surface area is 178 Å². The van der Waals surface area contributed by atoms with E-state index in [1.54, 1.807) is 44.3 Å². The quantitative estimate of drug-likeness (QED) is 0.582. The number of ketones is 1. The number of rotatable bonds is 7. The summed E-state index contributed by atoms with van der Waals surface area (Å²) < 4.78 is 5.93. The molecule has 6 heteroatoms. The molecule has 0 radical (unpaired) electrons. The fourth-order valence-corrected chi connectivity index (χ4v) is 3.02. The molecular formula is C23H29ClN2O3. The summed E-state index contributed by atoms with van der Waals surface area (Å²) in [5.74, 6) is 0.749. The van der Waals surface area contributed by atoms with Crippen LogP contribution in [0.15, 0.2) is 42.5 Å². The zero-order chi connectivity index (χ0) is 21.6. The summed E-state index contributed by atoms with van der Waals surface area (Å²) in [4.78, 5) is 26.1. The molecule has 0 unspecified atom stereocenters. The number of likely N-dealkylation sites (N-methyl/N-ethyl adjacent to an activating group) is 1. The van der Waals surface area contributed by atoms with Crippen LogP contribution >= 0.6 is 11.6 Å². The minimum atomic E-state index is -0.294. The van der Waals surface area contributed by atoms with Crippen molar-refractivity contribution in [3.63, 3.8) is 0 Å². The maximum absolute atomic E-state index is 12.5. The highest BCUT2D eigenvalue weighted by Crippen LogP contribution is 2.33. The Balaban J connectivity index is 1.98. The molecule has 156 valence electrons. The second-order valence-corrected chi connectivity index (χ2v) is 8.35. The molecule has 5 nitrogen and oxygen atoms in total. The molecule has 2 aromatic carbocycles. The summed E-state index contributed by atoms with van der Waals surface area (Å²) in [7, 11) is 1.69. The van der Waals surface area contributed by atoms with Crippen LogP contribution in [0.4, 0.5) is 10.5 Å². The highest BCUT2D eigenvalue weighted by molar-refractivity contribution is 6.30. The minimum Gasteiger partial charge on any atom is -0.491 e. The molecule has 0 atom stereocenters. The Bertz CT molecular complexity index is 875. The number of para-hydroxylation sites is 1. The van der Waals surface area contributed by atoms with Gasteiger partial charge < -0.3 is 15.0 Å². The molecule has 0 saturated carbocycles. The van der Waals surface area contributed by atoms with E-state index in [2.05, 4.69) is 26.1 Å². The molecule has 0 heterocycles. The van der Waals surface area contributed by atoms with E-state index in [0.29, 0.717) is 35.8 Å². The standard InChI is InChI=1S/C23H29ClN2O3/c1-6-20(27)17-9-7-8-10-19(17)25-22(28)26(5)13-14-29-21-12-11-16(24)15-18(21)23(2,3)4/h7-12,15H,6,13-14H2,1-5H3,(H,25,28). The third-order valence-corrected chi connectivity index (χ3v) is 4.81. The van der Waals surface area contributed by atoms with E-state index in [1.807, 2.05) is 12.1 Å². The molecular weight excluding hydrogens is 388 g/mol. The van der Waals surface area contributed by atoms with Crippen molar-refractivity contribution in [2.75, 3.05) is 25.5 Å². The molecule has 0 bridgehead atoms. The molecule has 0 spiro atoms. The van der Waals surface area contributed by atoms with Crippen LogP contribution in [-0.2, 0) is 5.41 Å². The molecule has 0 aliphatic carbocycles. The Kier molecular flexibility index (Phi) is 7.68. The zero-order valence-corrected chi connectivity index (χ0v) is 18.5. The topological polar surface area (TPSA) is 58.6 Å². The number of hydrogen-bond donors (Lipinski definition) is 1.